The molecule has 28 heavy (non-hydrogen) atoms. The van der Waals surface area contributed by atoms with E-state index in [2.05, 4.69) is 27.7 Å². The highest BCUT2D eigenvalue weighted by molar-refractivity contribution is 5.92. The highest BCUT2D eigenvalue weighted by Crippen LogP contribution is 2.61. The van der Waals surface area contributed by atoms with Crippen LogP contribution >= 0.6 is 0 Å². The highest BCUT2D eigenvalue weighted by Gasteiger charge is 2.62. The van der Waals surface area contributed by atoms with Crippen molar-refractivity contribution in [2.45, 2.75) is 72.9 Å². The molecule has 0 radical (unpaired) electrons. The van der Waals surface area contributed by atoms with Gasteiger partial charge in [0.2, 0.25) is 12.6 Å². The summed E-state index contributed by atoms with van der Waals surface area (Å²) >= 11 is 0. The van der Waals surface area contributed by atoms with E-state index >= 15 is 0 Å². The summed E-state index contributed by atoms with van der Waals surface area (Å²) in [4.78, 5) is 35.9. The van der Waals surface area contributed by atoms with Crippen molar-refractivity contribution in [3.63, 3.8) is 0 Å². The highest BCUT2D eigenvalue weighted by atomic mass is 16.8. The first-order valence-corrected chi connectivity index (χ1v) is 10.3. The van der Waals surface area contributed by atoms with E-state index in [1.807, 2.05) is 6.08 Å². The molecule has 154 valence electrons. The number of hydrogen-bond acceptors (Lipinski definition) is 6. The molecule has 0 unspecified atom stereocenters. The molecule has 3 fully saturated rings. The lowest BCUT2D eigenvalue weighted by Gasteiger charge is -2.54. The Balaban J connectivity index is 1.68. The van der Waals surface area contributed by atoms with Gasteiger partial charge >= 0.3 is 11.9 Å². The van der Waals surface area contributed by atoms with E-state index in [0.717, 1.165) is 12.8 Å². The lowest BCUT2D eigenvalue weighted by Crippen LogP contribution is -2.52. The van der Waals surface area contributed by atoms with Crippen LogP contribution in [0.15, 0.2) is 11.6 Å². The second-order valence-electron chi connectivity index (χ2n) is 9.96. The van der Waals surface area contributed by atoms with Crippen molar-refractivity contribution in [2.24, 2.45) is 34.5 Å². The van der Waals surface area contributed by atoms with Crippen LogP contribution in [0.3, 0.4) is 0 Å². The van der Waals surface area contributed by atoms with E-state index in [1.54, 1.807) is 0 Å². The van der Waals surface area contributed by atoms with E-state index in [1.165, 1.54) is 12.5 Å². The van der Waals surface area contributed by atoms with Crippen LogP contribution in [-0.2, 0) is 28.6 Å². The summed E-state index contributed by atoms with van der Waals surface area (Å²) in [5, 5.41) is 0. The molecule has 0 N–H and O–H groups in total. The third-order valence-electron chi connectivity index (χ3n) is 7.83. The van der Waals surface area contributed by atoms with Gasteiger partial charge in [-0.3, -0.25) is 14.4 Å². The second kappa shape index (κ2) is 6.41. The molecule has 4 aliphatic rings. The van der Waals surface area contributed by atoms with Gasteiger partial charge in [0.15, 0.2) is 5.78 Å². The third-order valence-corrected chi connectivity index (χ3v) is 7.83. The second-order valence-corrected chi connectivity index (χ2v) is 9.96. The minimum atomic E-state index is -0.751. The van der Waals surface area contributed by atoms with Crippen LogP contribution in [0.1, 0.15) is 60.3 Å². The number of allylic oxidation sites excluding steroid dienone is 2. The van der Waals surface area contributed by atoms with Crippen LogP contribution in [0.5, 0.6) is 0 Å². The van der Waals surface area contributed by atoms with Crippen molar-refractivity contribution in [1.29, 1.82) is 0 Å². The van der Waals surface area contributed by atoms with Crippen molar-refractivity contribution in [3.05, 3.63) is 11.6 Å². The molecule has 7 atom stereocenters. The molecule has 1 saturated carbocycles. The number of carbonyl (C=O) groups excluding carboxylic acids is 3. The van der Waals surface area contributed by atoms with Gasteiger partial charge in [-0.2, -0.15) is 0 Å². The Hall–Kier alpha value is -1.69. The Bertz CT molecular complexity index is 752. The third kappa shape index (κ3) is 2.92. The predicted molar refractivity (Wildman–Crippen MR) is 99.6 cm³/mol. The lowest BCUT2D eigenvalue weighted by molar-refractivity contribution is -0.215. The first-order valence-electron chi connectivity index (χ1n) is 10.3. The summed E-state index contributed by atoms with van der Waals surface area (Å²) in [6.45, 7) is 10.1. The minimum absolute atomic E-state index is 0.0362. The fraction of sp³-hybridized carbons (Fsp3) is 0.773. The summed E-state index contributed by atoms with van der Waals surface area (Å²) in [5.74, 6) is -0.270. The Morgan fingerprint density at radius 2 is 1.96 bits per heavy atom. The van der Waals surface area contributed by atoms with Gasteiger partial charge < -0.3 is 14.2 Å². The molecule has 4 rings (SSSR count). The molecule has 2 saturated heterocycles. The molecule has 0 spiro atoms. The van der Waals surface area contributed by atoms with E-state index in [9.17, 15) is 14.4 Å². The van der Waals surface area contributed by atoms with Gasteiger partial charge in [-0.25, -0.2) is 0 Å². The van der Waals surface area contributed by atoms with Gasteiger partial charge in [-0.15, -0.1) is 0 Å². The summed E-state index contributed by atoms with van der Waals surface area (Å²) in [5.41, 5.74) is 0.974. The molecular formula is C22H30O6. The number of ether oxygens (including phenoxy) is 3. The molecule has 2 aliphatic carbocycles. The average Bonchev–Trinajstić information content (AvgIpc) is 2.78. The summed E-state index contributed by atoms with van der Waals surface area (Å²) in [6.07, 6.45) is 3.14. The maximum Gasteiger partial charge on any atom is 0.308 e. The molecule has 0 amide bonds. The number of carbonyl (C=O) groups is 3. The van der Waals surface area contributed by atoms with Gasteiger partial charge in [-0.05, 0) is 41.6 Å². The van der Waals surface area contributed by atoms with Crippen molar-refractivity contribution >= 4 is 17.7 Å². The van der Waals surface area contributed by atoms with Gasteiger partial charge in [0.1, 0.15) is 0 Å². The van der Waals surface area contributed by atoms with Crippen LogP contribution in [0.2, 0.25) is 0 Å². The summed E-state index contributed by atoms with van der Waals surface area (Å²) < 4.78 is 16.8. The largest absolute Gasteiger partial charge is 0.435 e. The van der Waals surface area contributed by atoms with E-state index in [0.29, 0.717) is 12.3 Å². The van der Waals surface area contributed by atoms with Crippen molar-refractivity contribution in [3.8, 4) is 0 Å². The predicted octanol–water partition coefficient (Wildman–Crippen LogP) is 3.39. The molecule has 0 aromatic rings. The number of hydrogen-bond donors (Lipinski definition) is 0. The standard InChI is InChI=1S/C22H30O6/c1-11-14-8-13(24)10-21(3,4)16(14)6-7-22(11,5)18-15-9-17(25)27-20(18)28-19(15)26-12(2)23/h8,11,15-16,18-20H,6-7,9-10H2,1-5H3/t11-,15-,16-,18+,19-,20-,22-/m1/s1. The van der Waals surface area contributed by atoms with Crippen LogP contribution < -0.4 is 0 Å². The number of rotatable bonds is 2. The minimum Gasteiger partial charge on any atom is -0.435 e. The average molecular weight is 390 g/mol. The first-order chi connectivity index (χ1) is 13.0. The van der Waals surface area contributed by atoms with Gasteiger partial charge in [0.05, 0.1) is 6.42 Å². The topological polar surface area (TPSA) is 78.9 Å². The molecule has 0 aromatic carbocycles. The quantitative estimate of drug-likeness (QED) is 0.673. The Labute approximate surface area is 166 Å². The maximum absolute atomic E-state index is 12.4. The van der Waals surface area contributed by atoms with Crippen LogP contribution in [0.25, 0.3) is 0 Å². The smallest absolute Gasteiger partial charge is 0.308 e. The zero-order valence-electron chi connectivity index (χ0n) is 17.3. The zero-order valence-corrected chi connectivity index (χ0v) is 17.3. The Morgan fingerprint density at radius 3 is 2.64 bits per heavy atom. The molecular weight excluding hydrogens is 360 g/mol. The van der Waals surface area contributed by atoms with E-state index < -0.39 is 18.5 Å². The molecule has 2 bridgehead atoms. The van der Waals surface area contributed by atoms with E-state index in [4.69, 9.17) is 14.2 Å². The SMILES string of the molecule is CC(=O)O[C@@H]1O[C@H]2OC(=O)C[C@@H]1[C@@H]2[C@]1(C)CC[C@@H]2C(=CC(=O)CC2(C)C)[C@H]1C. The Morgan fingerprint density at radius 1 is 1.25 bits per heavy atom. The van der Waals surface area contributed by atoms with Crippen molar-refractivity contribution in [2.75, 3.05) is 0 Å². The first kappa shape index (κ1) is 19.6. The zero-order chi connectivity index (χ0) is 20.4. The monoisotopic (exact) mass is 390 g/mol. The maximum atomic E-state index is 12.4. The fourth-order valence-electron chi connectivity index (χ4n) is 6.32. The molecule has 0 aromatic heterocycles. The molecule has 6 nitrogen and oxygen atoms in total. The normalized spacial score (nSPS) is 44.4. The van der Waals surface area contributed by atoms with Crippen LogP contribution in [0, 0.1) is 34.5 Å². The fourth-order valence-corrected chi connectivity index (χ4v) is 6.32. The number of fused-ring (bicyclic) bond motifs is 3. The summed E-state index contributed by atoms with van der Waals surface area (Å²) in [6, 6.07) is 0. The Kier molecular flexibility index (Phi) is 4.49. The lowest BCUT2D eigenvalue weighted by atomic mass is 9.50. The van der Waals surface area contributed by atoms with E-state index in [-0.39, 0.29) is 46.8 Å². The van der Waals surface area contributed by atoms with Crippen LogP contribution in [0.4, 0.5) is 0 Å². The number of esters is 2. The summed E-state index contributed by atoms with van der Waals surface area (Å²) in [7, 11) is 0. The van der Waals surface area contributed by atoms with Gasteiger partial charge in [-0.1, -0.05) is 33.3 Å². The van der Waals surface area contributed by atoms with Crippen molar-refractivity contribution < 1.29 is 28.6 Å². The van der Waals surface area contributed by atoms with Gasteiger partial charge in [0.25, 0.3) is 0 Å². The molecule has 2 aliphatic heterocycles. The molecule has 2 heterocycles. The van der Waals surface area contributed by atoms with Gasteiger partial charge in [0, 0.05) is 25.2 Å². The number of ketones is 1. The molecule has 6 heteroatoms. The van der Waals surface area contributed by atoms with Crippen LogP contribution in [-0.4, -0.2) is 30.3 Å². The van der Waals surface area contributed by atoms with Crippen molar-refractivity contribution in [1.82, 2.24) is 0 Å².